The third-order valence-corrected chi connectivity index (χ3v) is 2.83. The van der Waals surface area contributed by atoms with Crippen molar-refractivity contribution in [2.75, 3.05) is 6.54 Å². The van der Waals surface area contributed by atoms with Crippen LogP contribution >= 0.6 is 11.6 Å². The van der Waals surface area contributed by atoms with Crippen LogP contribution in [0.2, 0.25) is 5.02 Å². The van der Waals surface area contributed by atoms with E-state index < -0.39 is 11.9 Å². The molecule has 4 nitrogen and oxygen atoms in total. The summed E-state index contributed by atoms with van der Waals surface area (Å²) in [4.78, 5) is 22.0. The molecule has 0 saturated heterocycles. The maximum atomic E-state index is 11.5. The Bertz CT molecular complexity index is 417. The van der Waals surface area contributed by atoms with E-state index in [2.05, 4.69) is 5.32 Å². The minimum atomic E-state index is -0.909. The molecule has 0 saturated carbocycles. The second-order valence-electron chi connectivity index (χ2n) is 4.17. The van der Waals surface area contributed by atoms with Crippen LogP contribution < -0.4 is 5.32 Å². The monoisotopic (exact) mass is 269 g/mol. The van der Waals surface area contributed by atoms with Crippen LogP contribution in [-0.4, -0.2) is 23.5 Å². The summed E-state index contributed by atoms with van der Waals surface area (Å²) in [5.74, 6) is -1.62. The van der Waals surface area contributed by atoms with Crippen LogP contribution in [0.15, 0.2) is 24.3 Å². The fourth-order valence-electron chi connectivity index (χ4n) is 1.35. The van der Waals surface area contributed by atoms with Gasteiger partial charge in [-0.05, 0) is 24.1 Å². The number of benzene rings is 1. The van der Waals surface area contributed by atoms with Crippen LogP contribution in [0.25, 0.3) is 0 Å². The van der Waals surface area contributed by atoms with Crippen molar-refractivity contribution in [1.82, 2.24) is 5.32 Å². The van der Waals surface area contributed by atoms with Gasteiger partial charge in [-0.15, -0.1) is 0 Å². The number of amides is 1. The number of rotatable bonds is 6. The Labute approximate surface area is 111 Å². The van der Waals surface area contributed by atoms with Gasteiger partial charge >= 0.3 is 5.97 Å². The maximum absolute atomic E-state index is 11.5. The molecule has 0 fully saturated rings. The zero-order valence-electron chi connectivity index (χ0n) is 10.1. The summed E-state index contributed by atoms with van der Waals surface area (Å²) in [5.41, 5.74) is 1.03. The lowest BCUT2D eigenvalue weighted by Gasteiger charge is -2.08. The van der Waals surface area contributed by atoms with E-state index in [1.54, 1.807) is 19.1 Å². The van der Waals surface area contributed by atoms with Crippen molar-refractivity contribution in [3.63, 3.8) is 0 Å². The van der Waals surface area contributed by atoms with E-state index in [1.165, 1.54) is 0 Å². The smallest absolute Gasteiger partial charge is 0.308 e. The number of aryl methyl sites for hydroxylation is 1. The van der Waals surface area contributed by atoms with Gasteiger partial charge in [-0.25, -0.2) is 0 Å². The SMILES string of the molecule is CC(CNC(=O)CCc1ccc(Cl)cc1)C(=O)O. The Kier molecular flexibility index (Phi) is 5.65. The van der Waals surface area contributed by atoms with Crippen molar-refractivity contribution in [2.24, 2.45) is 5.92 Å². The molecule has 0 bridgehead atoms. The molecule has 0 aromatic heterocycles. The Balaban J connectivity index is 2.29. The zero-order chi connectivity index (χ0) is 13.5. The van der Waals surface area contributed by atoms with E-state index in [0.29, 0.717) is 17.9 Å². The number of carboxylic acids is 1. The lowest BCUT2D eigenvalue weighted by molar-refractivity contribution is -0.141. The summed E-state index contributed by atoms with van der Waals surface area (Å²) in [7, 11) is 0. The maximum Gasteiger partial charge on any atom is 0.308 e. The van der Waals surface area contributed by atoms with E-state index in [4.69, 9.17) is 16.7 Å². The number of hydrogen-bond donors (Lipinski definition) is 2. The molecule has 1 unspecified atom stereocenters. The Hall–Kier alpha value is -1.55. The van der Waals surface area contributed by atoms with E-state index in [0.717, 1.165) is 5.56 Å². The predicted molar refractivity (Wildman–Crippen MR) is 69.6 cm³/mol. The van der Waals surface area contributed by atoms with Gasteiger partial charge in [0, 0.05) is 18.0 Å². The molecule has 5 heteroatoms. The van der Waals surface area contributed by atoms with Gasteiger partial charge in [0.1, 0.15) is 0 Å². The minimum Gasteiger partial charge on any atom is -0.481 e. The second kappa shape index (κ2) is 7.01. The van der Waals surface area contributed by atoms with E-state index in [9.17, 15) is 9.59 Å². The summed E-state index contributed by atoms with van der Waals surface area (Å²) in [5, 5.41) is 11.9. The molecule has 1 amide bonds. The van der Waals surface area contributed by atoms with Gasteiger partial charge in [-0.1, -0.05) is 30.7 Å². The van der Waals surface area contributed by atoms with Gasteiger partial charge in [0.25, 0.3) is 0 Å². The Morgan fingerprint density at radius 1 is 1.33 bits per heavy atom. The van der Waals surface area contributed by atoms with Gasteiger partial charge in [0.2, 0.25) is 5.91 Å². The van der Waals surface area contributed by atoms with Crippen molar-refractivity contribution in [1.29, 1.82) is 0 Å². The number of carbonyl (C=O) groups is 2. The first-order valence-electron chi connectivity index (χ1n) is 5.73. The lowest BCUT2D eigenvalue weighted by atomic mass is 10.1. The molecule has 1 aromatic rings. The largest absolute Gasteiger partial charge is 0.481 e. The van der Waals surface area contributed by atoms with Crippen LogP contribution in [0, 0.1) is 5.92 Å². The van der Waals surface area contributed by atoms with Crippen molar-refractivity contribution in [2.45, 2.75) is 19.8 Å². The molecule has 0 heterocycles. The van der Waals surface area contributed by atoms with Gasteiger partial charge in [0.05, 0.1) is 5.92 Å². The molecule has 0 aliphatic heterocycles. The number of nitrogens with one attached hydrogen (secondary N) is 1. The Morgan fingerprint density at radius 2 is 1.94 bits per heavy atom. The quantitative estimate of drug-likeness (QED) is 0.831. The molecule has 18 heavy (non-hydrogen) atoms. The van der Waals surface area contributed by atoms with E-state index >= 15 is 0 Å². The average Bonchev–Trinajstić information content (AvgIpc) is 2.35. The first kappa shape index (κ1) is 14.5. The molecule has 2 N–H and O–H groups in total. The van der Waals surface area contributed by atoms with E-state index in [1.807, 2.05) is 12.1 Å². The van der Waals surface area contributed by atoms with Crippen molar-refractivity contribution >= 4 is 23.5 Å². The van der Waals surface area contributed by atoms with Crippen molar-refractivity contribution < 1.29 is 14.7 Å². The standard InChI is InChI=1S/C13H16ClNO3/c1-9(13(17)18)8-15-12(16)7-4-10-2-5-11(14)6-3-10/h2-3,5-6,9H,4,7-8H2,1H3,(H,15,16)(H,17,18). The highest BCUT2D eigenvalue weighted by Gasteiger charge is 2.11. The summed E-state index contributed by atoms with van der Waals surface area (Å²) in [6.07, 6.45) is 0.957. The summed E-state index contributed by atoms with van der Waals surface area (Å²) >= 11 is 5.75. The highest BCUT2D eigenvalue weighted by molar-refractivity contribution is 6.30. The summed E-state index contributed by atoms with van der Waals surface area (Å²) in [6.45, 7) is 1.72. The van der Waals surface area contributed by atoms with Crippen molar-refractivity contribution in [3.8, 4) is 0 Å². The van der Waals surface area contributed by atoms with Crippen LogP contribution in [0.5, 0.6) is 0 Å². The number of carboxylic acid groups (broad SMARTS) is 1. The predicted octanol–water partition coefficient (Wildman–Crippen LogP) is 2.11. The van der Waals surface area contributed by atoms with Crippen molar-refractivity contribution in [3.05, 3.63) is 34.9 Å². The topological polar surface area (TPSA) is 66.4 Å². The van der Waals surface area contributed by atoms with Crippen LogP contribution in [0.1, 0.15) is 18.9 Å². The average molecular weight is 270 g/mol. The van der Waals surface area contributed by atoms with Gasteiger partial charge < -0.3 is 10.4 Å². The molecular formula is C13H16ClNO3. The zero-order valence-corrected chi connectivity index (χ0v) is 10.9. The molecule has 98 valence electrons. The van der Waals surface area contributed by atoms with Gasteiger partial charge in [-0.3, -0.25) is 9.59 Å². The van der Waals surface area contributed by atoms with Crippen LogP contribution in [-0.2, 0) is 16.0 Å². The molecular weight excluding hydrogens is 254 g/mol. The van der Waals surface area contributed by atoms with Gasteiger partial charge in [-0.2, -0.15) is 0 Å². The molecule has 1 aromatic carbocycles. The number of carbonyl (C=O) groups excluding carboxylic acids is 1. The van der Waals surface area contributed by atoms with E-state index in [-0.39, 0.29) is 12.5 Å². The molecule has 0 aliphatic rings. The first-order chi connectivity index (χ1) is 8.49. The number of aliphatic carboxylic acids is 1. The molecule has 1 atom stereocenters. The normalized spacial score (nSPS) is 11.9. The Morgan fingerprint density at radius 3 is 2.50 bits per heavy atom. The first-order valence-corrected chi connectivity index (χ1v) is 6.11. The molecule has 1 rings (SSSR count). The third kappa shape index (κ3) is 5.19. The highest BCUT2D eigenvalue weighted by Crippen LogP contribution is 2.10. The number of hydrogen-bond acceptors (Lipinski definition) is 2. The second-order valence-corrected chi connectivity index (χ2v) is 4.61. The lowest BCUT2D eigenvalue weighted by Crippen LogP contribution is -2.31. The molecule has 0 spiro atoms. The number of halogens is 1. The summed E-state index contributed by atoms with van der Waals surface area (Å²) < 4.78 is 0. The van der Waals surface area contributed by atoms with Crippen LogP contribution in [0.3, 0.4) is 0 Å². The fraction of sp³-hybridized carbons (Fsp3) is 0.385. The van der Waals surface area contributed by atoms with Gasteiger partial charge in [0.15, 0.2) is 0 Å². The van der Waals surface area contributed by atoms with Crippen LogP contribution in [0.4, 0.5) is 0 Å². The fourth-order valence-corrected chi connectivity index (χ4v) is 1.48. The highest BCUT2D eigenvalue weighted by atomic mass is 35.5. The minimum absolute atomic E-state index is 0.141. The third-order valence-electron chi connectivity index (χ3n) is 2.58. The molecule has 0 radical (unpaired) electrons. The molecule has 0 aliphatic carbocycles. The summed E-state index contributed by atoms with van der Waals surface area (Å²) in [6, 6.07) is 7.30.